The van der Waals surface area contributed by atoms with Gasteiger partial charge in [-0.1, -0.05) is 32.0 Å². The minimum Gasteiger partial charge on any atom is -0.495 e. The number of rotatable bonds is 8. The van der Waals surface area contributed by atoms with E-state index in [0.29, 0.717) is 11.4 Å². The molecule has 1 aliphatic heterocycles. The van der Waals surface area contributed by atoms with Crippen molar-refractivity contribution in [1.82, 2.24) is 4.90 Å². The summed E-state index contributed by atoms with van der Waals surface area (Å²) in [5.41, 5.74) is 1.87. The third-order valence-electron chi connectivity index (χ3n) is 5.38. The Bertz CT molecular complexity index is 1060. The van der Waals surface area contributed by atoms with Gasteiger partial charge in [-0.2, -0.15) is 0 Å². The van der Waals surface area contributed by atoms with Gasteiger partial charge in [0.05, 0.1) is 23.9 Å². The number of benzene rings is 2. The lowest BCUT2D eigenvalue weighted by atomic mass is 10.0. The highest BCUT2D eigenvalue weighted by molar-refractivity contribution is 6.22. The monoisotopic (exact) mass is 452 g/mol. The van der Waals surface area contributed by atoms with E-state index in [0.717, 1.165) is 10.5 Å². The van der Waals surface area contributed by atoms with Gasteiger partial charge in [0.2, 0.25) is 0 Å². The molecule has 0 aliphatic carbocycles. The van der Waals surface area contributed by atoms with E-state index in [9.17, 15) is 19.2 Å². The van der Waals surface area contributed by atoms with E-state index < -0.39 is 35.8 Å². The highest BCUT2D eigenvalue weighted by Gasteiger charge is 2.44. The number of nitrogens with zero attached hydrogens (tertiary/aromatic N) is 1. The van der Waals surface area contributed by atoms with Gasteiger partial charge in [0.1, 0.15) is 11.8 Å². The third-order valence-corrected chi connectivity index (χ3v) is 5.38. The van der Waals surface area contributed by atoms with Crippen molar-refractivity contribution in [3.63, 3.8) is 0 Å². The smallest absolute Gasteiger partial charge is 0.330 e. The van der Waals surface area contributed by atoms with Crippen LogP contribution in [0.2, 0.25) is 0 Å². The number of anilines is 1. The molecule has 1 aliphatic rings. The van der Waals surface area contributed by atoms with Crippen molar-refractivity contribution in [3.8, 4) is 5.75 Å². The first kappa shape index (κ1) is 24.0. The summed E-state index contributed by atoms with van der Waals surface area (Å²) in [6.07, 6.45) is -0.947. The predicted molar refractivity (Wildman–Crippen MR) is 122 cm³/mol. The summed E-state index contributed by atoms with van der Waals surface area (Å²) in [6.45, 7) is 7.05. The van der Waals surface area contributed by atoms with Crippen LogP contribution in [0.1, 0.15) is 53.5 Å². The number of methoxy groups -OCH3 is 1. The Labute approximate surface area is 192 Å². The van der Waals surface area contributed by atoms with Gasteiger partial charge in [-0.25, -0.2) is 4.79 Å². The van der Waals surface area contributed by atoms with Gasteiger partial charge < -0.3 is 14.8 Å². The first-order valence-corrected chi connectivity index (χ1v) is 10.8. The van der Waals surface area contributed by atoms with Gasteiger partial charge in [-0.05, 0) is 56.0 Å². The van der Waals surface area contributed by atoms with Crippen LogP contribution in [0.25, 0.3) is 0 Å². The summed E-state index contributed by atoms with van der Waals surface area (Å²) in [5, 5.41) is 2.70. The molecule has 2 atom stereocenters. The highest BCUT2D eigenvalue weighted by Crippen LogP contribution is 2.28. The van der Waals surface area contributed by atoms with Gasteiger partial charge in [0.25, 0.3) is 17.7 Å². The second-order valence-electron chi connectivity index (χ2n) is 8.44. The first-order chi connectivity index (χ1) is 15.6. The van der Waals surface area contributed by atoms with Gasteiger partial charge in [0, 0.05) is 0 Å². The Morgan fingerprint density at radius 3 is 2.15 bits per heavy atom. The van der Waals surface area contributed by atoms with Crippen molar-refractivity contribution in [3.05, 3.63) is 59.2 Å². The summed E-state index contributed by atoms with van der Waals surface area (Å²) in [4.78, 5) is 52.5. The minimum atomic E-state index is -1.16. The number of carbonyl (C=O) groups is 4. The maximum absolute atomic E-state index is 13.1. The van der Waals surface area contributed by atoms with Crippen molar-refractivity contribution < 1.29 is 28.7 Å². The van der Waals surface area contributed by atoms with E-state index in [2.05, 4.69) is 5.32 Å². The maximum atomic E-state index is 13.1. The fourth-order valence-electron chi connectivity index (χ4n) is 3.70. The zero-order valence-corrected chi connectivity index (χ0v) is 19.4. The summed E-state index contributed by atoms with van der Waals surface area (Å²) < 4.78 is 10.7. The Kier molecular flexibility index (Phi) is 7.16. The Balaban J connectivity index is 1.77. The van der Waals surface area contributed by atoms with Crippen LogP contribution in [0, 0.1) is 12.8 Å². The van der Waals surface area contributed by atoms with Crippen LogP contribution < -0.4 is 10.1 Å². The van der Waals surface area contributed by atoms with E-state index in [-0.39, 0.29) is 23.5 Å². The number of nitrogens with one attached hydrogen (secondary N) is 1. The number of hydrogen-bond donors (Lipinski definition) is 1. The fraction of sp³-hybridized carbons (Fsp3) is 0.360. The van der Waals surface area contributed by atoms with Crippen LogP contribution in [0.3, 0.4) is 0 Å². The van der Waals surface area contributed by atoms with E-state index in [1.165, 1.54) is 14.0 Å². The zero-order chi connectivity index (χ0) is 24.3. The molecule has 33 heavy (non-hydrogen) atoms. The van der Waals surface area contributed by atoms with Gasteiger partial charge in [0.15, 0.2) is 6.10 Å². The highest BCUT2D eigenvalue weighted by atomic mass is 16.5. The quantitative estimate of drug-likeness (QED) is 0.485. The standard InChI is InChI=1S/C25H28N2O6/c1-14(2)12-20(27-23(29)17-8-6-7-9-18(17)24(27)30)25(31)33-16(4)22(28)26-19-13-15(3)10-11-21(19)32-5/h6-11,13-14,16,20H,12H2,1-5H3,(H,26,28). The molecule has 1 heterocycles. The van der Waals surface area contributed by atoms with Crippen molar-refractivity contribution in [2.24, 2.45) is 5.92 Å². The first-order valence-electron chi connectivity index (χ1n) is 10.8. The molecule has 2 unspecified atom stereocenters. The number of aryl methyl sites for hydroxylation is 1. The van der Waals surface area contributed by atoms with Crippen LogP contribution in [0.5, 0.6) is 5.75 Å². The number of imide groups is 1. The molecule has 0 saturated carbocycles. The molecule has 1 N–H and O–H groups in total. The van der Waals surface area contributed by atoms with Crippen molar-refractivity contribution in [2.45, 2.75) is 46.3 Å². The van der Waals surface area contributed by atoms with E-state index in [4.69, 9.17) is 9.47 Å². The number of esters is 1. The molecular weight excluding hydrogens is 424 g/mol. The van der Waals surface area contributed by atoms with E-state index >= 15 is 0 Å². The summed E-state index contributed by atoms with van der Waals surface area (Å²) in [5.74, 6) is -1.99. The molecule has 0 spiro atoms. The van der Waals surface area contributed by atoms with Crippen LogP contribution in [0.15, 0.2) is 42.5 Å². The van der Waals surface area contributed by atoms with Crippen molar-refractivity contribution in [1.29, 1.82) is 0 Å². The second kappa shape index (κ2) is 9.85. The average Bonchev–Trinajstić information content (AvgIpc) is 3.02. The van der Waals surface area contributed by atoms with E-state index in [1.807, 2.05) is 26.8 Å². The largest absolute Gasteiger partial charge is 0.495 e. The predicted octanol–water partition coefficient (Wildman–Crippen LogP) is 3.58. The molecule has 8 nitrogen and oxygen atoms in total. The molecule has 174 valence electrons. The number of hydrogen-bond acceptors (Lipinski definition) is 6. The SMILES string of the molecule is COc1ccc(C)cc1NC(=O)C(C)OC(=O)C(CC(C)C)N1C(=O)c2ccccc2C1=O. The number of carbonyl (C=O) groups excluding carboxylic acids is 4. The molecule has 0 fully saturated rings. The molecule has 0 radical (unpaired) electrons. The van der Waals surface area contributed by atoms with Gasteiger partial charge in [-0.15, -0.1) is 0 Å². The van der Waals surface area contributed by atoms with Crippen LogP contribution in [-0.4, -0.2) is 47.8 Å². The van der Waals surface area contributed by atoms with Gasteiger partial charge >= 0.3 is 5.97 Å². The lowest BCUT2D eigenvalue weighted by Crippen LogP contribution is -2.48. The third kappa shape index (κ3) is 5.05. The molecular formula is C25H28N2O6. The normalized spacial score (nSPS) is 14.7. The number of amides is 3. The molecule has 0 aromatic heterocycles. The molecule has 2 aromatic carbocycles. The molecule has 8 heteroatoms. The molecule has 0 saturated heterocycles. The fourth-order valence-corrected chi connectivity index (χ4v) is 3.70. The number of fused-ring (bicyclic) bond motifs is 1. The number of ether oxygens (including phenoxy) is 2. The molecule has 2 aromatic rings. The summed E-state index contributed by atoms with van der Waals surface area (Å²) in [7, 11) is 1.49. The van der Waals surface area contributed by atoms with Crippen molar-refractivity contribution in [2.75, 3.05) is 12.4 Å². The maximum Gasteiger partial charge on any atom is 0.330 e. The zero-order valence-electron chi connectivity index (χ0n) is 19.4. The molecule has 3 rings (SSSR count). The summed E-state index contributed by atoms with van der Waals surface area (Å²) in [6, 6.07) is 10.6. The average molecular weight is 453 g/mol. The topological polar surface area (TPSA) is 102 Å². The lowest BCUT2D eigenvalue weighted by molar-refractivity contribution is -0.157. The van der Waals surface area contributed by atoms with Crippen LogP contribution in [0.4, 0.5) is 5.69 Å². The Hall–Kier alpha value is -3.68. The van der Waals surface area contributed by atoms with Crippen molar-refractivity contribution >= 4 is 29.4 Å². The second-order valence-corrected chi connectivity index (χ2v) is 8.44. The van der Waals surface area contributed by atoms with Gasteiger partial charge in [-0.3, -0.25) is 19.3 Å². The molecule has 3 amide bonds. The Morgan fingerprint density at radius 2 is 1.61 bits per heavy atom. The molecule has 0 bridgehead atoms. The van der Waals surface area contributed by atoms with Crippen LogP contribution >= 0.6 is 0 Å². The van der Waals surface area contributed by atoms with Crippen LogP contribution in [-0.2, 0) is 14.3 Å². The Morgan fingerprint density at radius 1 is 1.00 bits per heavy atom. The summed E-state index contributed by atoms with van der Waals surface area (Å²) >= 11 is 0. The van der Waals surface area contributed by atoms with E-state index in [1.54, 1.807) is 36.4 Å². The minimum absolute atomic E-state index is 0.00690. The lowest BCUT2D eigenvalue weighted by Gasteiger charge is -2.27.